The number of hydrogen-bond donors (Lipinski definition) is 1. The number of nitriles is 2. The summed E-state index contributed by atoms with van der Waals surface area (Å²) in [5.41, 5.74) is 1.23. The van der Waals surface area contributed by atoms with Gasteiger partial charge in [-0.1, -0.05) is 11.6 Å². The van der Waals surface area contributed by atoms with Crippen LogP contribution in [0.3, 0.4) is 0 Å². The molecule has 0 spiro atoms. The first-order chi connectivity index (χ1) is 13.3. The first-order valence-corrected chi connectivity index (χ1v) is 9.30. The number of thiophene rings is 1. The van der Waals surface area contributed by atoms with Crippen LogP contribution in [0.4, 0.5) is 16.4 Å². The molecule has 1 N–H and O–H groups in total. The second-order valence-corrected chi connectivity index (χ2v) is 7.38. The zero-order chi connectivity index (χ0) is 20.8. The van der Waals surface area contributed by atoms with E-state index in [-0.39, 0.29) is 20.5 Å². The fraction of sp³-hybridized carbons (Fsp3) is 0.211. The first-order valence-electron chi connectivity index (χ1n) is 8.10. The van der Waals surface area contributed by atoms with Gasteiger partial charge in [0.05, 0.1) is 15.6 Å². The van der Waals surface area contributed by atoms with Gasteiger partial charge in [0.15, 0.2) is 5.00 Å². The van der Waals surface area contributed by atoms with Crippen molar-refractivity contribution in [1.29, 1.82) is 10.5 Å². The van der Waals surface area contributed by atoms with Crippen LogP contribution in [0.5, 0.6) is 0 Å². The molecule has 0 bridgehead atoms. The van der Waals surface area contributed by atoms with Gasteiger partial charge in [-0.2, -0.15) is 10.5 Å². The number of anilines is 1. The van der Waals surface area contributed by atoms with Crippen LogP contribution in [-0.2, 0) is 4.79 Å². The maximum atomic E-state index is 11.0. The van der Waals surface area contributed by atoms with Crippen LogP contribution >= 0.6 is 22.9 Å². The maximum Gasteiger partial charge on any atom is 0.346 e. The minimum absolute atomic E-state index is 0.0457. The molecule has 0 amide bonds. The van der Waals surface area contributed by atoms with Crippen molar-refractivity contribution in [1.82, 2.24) is 0 Å². The summed E-state index contributed by atoms with van der Waals surface area (Å²) >= 11 is 7.13. The van der Waals surface area contributed by atoms with E-state index in [1.807, 2.05) is 25.2 Å². The minimum atomic E-state index is -1.37. The van der Waals surface area contributed by atoms with E-state index in [9.17, 15) is 10.1 Å². The highest BCUT2D eigenvalue weighted by Crippen LogP contribution is 2.40. The fourth-order valence-electron chi connectivity index (χ4n) is 2.11. The summed E-state index contributed by atoms with van der Waals surface area (Å²) in [6, 6.07) is 11.3. The quantitative estimate of drug-likeness (QED) is 0.380. The third-order valence-electron chi connectivity index (χ3n) is 3.88. The number of halogens is 1. The van der Waals surface area contributed by atoms with Crippen LogP contribution in [0.2, 0.25) is 5.02 Å². The topological polar surface area (TPSA) is 113 Å². The van der Waals surface area contributed by atoms with E-state index < -0.39 is 11.5 Å². The summed E-state index contributed by atoms with van der Waals surface area (Å²) in [5, 5.41) is 35.7. The average Bonchev–Trinajstić information content (AvgIpc) is 2.98. The number of carboxylic acid groups (broad SMARTS) is 1. The lowest BCUT2D eigenvalue weighted by molar-refractivity contribution is -0.132. The van der Waals surface area contributed by atoms with Crippen molar-refractivity contribution in [2.75, 3.05) is 11.9 Å². The lowest BCUT2D eigenvalue weighted by Crippen LogP contribution is -2.25. The standard InChI is InChI=1S/C19H16ClN5O2S/c1-11(2)25(3)14-6-4-13(5-7-14)23-24-18-15(10-22)17(20)16(28-18)8-12(9-21)19(26)27/h4-8,11H,1-3H3,(H,26,27)/b12-8+,24-23?. The molecule has 2 aromatic rings. The lowest BCUT2D eigenvalue weighted by atomic mass is 10.2. The molecule has 0 aliphatic carbocycles. The van der Waals surface area contributed by atoms with E-state index >= 15 is 0 Å². The Kier molecular flexibility index (Phi) is 6.89. The Balaban J connectivity index is 2.34. The number of benzene rings is 1. The highest BCUT2D eigenvalue weighted by atomic mass is 35.5. The fourth-order valence-corrected chi connectivity index (χ4v) is 3.37. The molecule has 9 heteroatoms. The van der Waals surface area contributed by atoms with Gasteiger partial charge in [-0.15, -0.1) is 21.6 Å². The zero-order valence-corrected chi connectivity index (χ0v) is 16.9. The number of azo groups is 1. The van der Waals surface area contributed by atoms with Gasteiger partial charge >= 0.3 is 5.97 Å². The maximum absolute atomic E-state index is 11.0. The van der Waals surface area contributed by atoms with E-state index in [0.717, 1.165) is 23.1 Å². The molecule has 0 aliphatic heterocycles. The van der Waals surface area contributed by atoms with Gasteiger partial charge in [-0.05, 0) is 44.2 Å². The van der Waals surface area contributed by atoms with Gasteiger partial charge in [-0.3, -0.25) is 0 Å². The molecule has 0 saturated carbocycles. The Hall–Kier alpha value is -3.20. The molecular formula is C19H16ClN5O2S. The molecule has 0 saturated heterocycles. The predicted octanol–water partition coefficient (Wildman–Crippen LogP) is 5.52. The lowest BCUT2D eigenvalue weighted by Gasteiger charge is -2.23. The van der Waals surface area contributed by atoms with Gasteiger partial charge in [0.1, 0.15) is 23.3 Å². The Bertz CT molecular complexity index is 1030. The molecule has 0 atom stereocenters. The van der Waals surface area contributed by atoms with Crippen LogP contribution in [0.15, 0.2) is 40.1 Å². The van der Waals surface area contributed by atoms with Crippen molar-refractivity contribution >= 4 is 51.4 Å². The minimum Gasteiger partial charge on any atom is -0.477 e. The van der Waals surface area contributed by atoms with Crippen LogP contribution in [0.25, 0.3) is 6.08 Å². The summed E-state index contributed by atoms with van der Waals surface area (Å²) in [5.74, 6) is -1.37. The van der Waals surface area contributed by atoms with Gasteiger partial charge in [-0.25, -0.2) is 4.79 Å². The molecule has 28 heavy (non-hydrogen) atoms. The number of rotatable bonds is 6. The molecule has 7 nitrogen and oxygen atoms in total. The van der Waals surface area contributed by atoms with Crippen molar-refractivity contribution in [3.8, 4) is 12.1 Å². The molecule has 0 aliphatic rings. The average molecular weight is 414 g/mol. The summed E-state index contributed by atoms with van der Waals surface area (Å²) in [7, 11) is 2.00. The number of carboxylic acids is 1. The predicted molar refractivity (Wildman–Crippen MR) is 109 cm³/mol. The number of aliphatic carboxylic acids is 1. The normalized spacial score (nSPS) is 11.5. The number of nitrogens with zero attached hydrogens (tertiary/aromatic N) is 5. The van der Waals surface area contributed by atoms with E-state index in [1.54, 1.807) is 18.2 Å². The van der Waals surface area contributed by atoms with Gasteiger partial charge in [0.2, 0.25) is 0 Å². The molecule has 2 rings (SSSR count). The van der Waals surface area contributed by atoms with E-state index in [1.165, 1.54) is 0 Å². The second kappa shape index (κ2) is 9.14. The van der Waals surface area contributed by atoms with Crippen LogP contribution in [0, 0.1) is 22.7 Å². The van der Waals surface area contributed by atoms with Crippen molar-refractivity contribution in [2.45, 2.75) is 19.9 Å². The molecule has 0 unspecified atom stereocenters. The first kappa shape index (κ1) is 21.1. The van der Waals surface area contributed by atoms with Gasteiger partial charge < -0.3 is 10.0 Å². The highest BCUT2D eigenvalue weighted by molar-refractivity contribution is 7.17. The molecule has 0 fully saturated rings. The smallest absolute Gasteiger partial charge is 0.346 e. The molecule has 142 valence electrons. The Morgan fingerprint density at radius 1 is 1.29 bits per heavy atom. The Morgan fingerprint density at radius 3 is 2.43 bits per heavy atom. The zero-order valence-electron chi connectivity index (χ0n) is 15.3. The number of hydrogen-bond acceptors (Lipinski definition) is 7. The van der Waals surface area contributed by atoms with Crippen molar-refractivity contribution < 1.29 is 9.90 Å². The largest absolute Gasteiger partial charge is 0.477 e. The van der Waals surface area contributed by atoms with Crippen molar-refractivity contribution in [3.63, 3.8) is 0 Å². The third kappa shape index (κ3) is 4.74. The van der Waals surface area contributed by atoms with Crippen LogP contribution in [0.1, 0.15) is 24.3 Å². The van der Waals surface area contributed by atoms with E-state index in [0.29, 0.717) is 11.7 Å². The summed E-state index contributed by atoms with van der Waals surface area (Å²) in [4.78, 5) is 13.4. The summed E-state index contributed by atoms with van der Waals surface area (Å²) in [6.45, 7) is 4.18. The summed E-state index contributed by atoms with van der Waals surface area (Å²) < 4.78 is 0. The van der Waals surface area contributed by atoms with Crippen molar-refractivity contribution in [2.24, 2.45) is 10.2 Å². The molecule has 1 heterocycles. The highest BCUT2D eigenvalue weighted by Gasteiger charge is 2.17. The third-order valence-corrected chi connectivity index (χ3v) is 5.41. The van der Waals surface area contributed by atoms with Crippen LogP contribution < -0.4 is 4.90 Å². The van der Waals surface area contributed by atoms with E-state index in [4.69, 9.17) is 22.0 Å². The SMILES string of the molecule is CC(C)N(C)c1ccc(N=Nc2sc(/C=C(\C#N)C(=O)O)c(Cl)c2C#N)cc1. The Morgan fingerprint density at radius 2 is 1.93 bits per heavy atom. The summed E-state index contributed by atoms with van der Waals surface area (Å²) in [6.07, 6.45) is 1.12. The van der Waals surface area contributed by atoms with Crippen molar-refractivity contribution in [3.05, 3.63) is 45.3 Å². The molecule has 0 radical (unpaired) electrons. The van der Waals surface area contributed by atoms with E-state index in [2.05, 4.69) is 29.0 Å². The Labute approximate surface area is 171 Å². The van der Waals surface area contributed by atoms with Crippen LogP contribution in [-0.4, -0.2) is 24.2 Å². The van der Waals surface area contributed by atoms with Gasteiger partial charge in [0, 0.05) is 18.8 Å². The molecular weight excluding hydrogens is 398 g/mol. The monoisotopic (exact) mass is 413 g/mol. The number of carbonyl (C=O) groups is 1. The second-order valence-electron chi connectivity index (χ2n) is 5.97. The van der Waals surface area contributed by atoms with Gasteiger partial charge in [0.25, 0.3) is 0 Å². The molecule has 1 aromatic heterocycles. The molecule has 1 aromatic carbocycles.